The summed E-state index contributed by atoms with van der Waals surface area (Å²) >= 11 is 3.43. The van der Waals surface area contributed by atoms with Gasteiger partial charge in [0.25, 0.3) is 11.8 Å². The zero-order valence-electron chi connectivity index (χ0n) is 15.7. The van der Waals surface area contributed by atoms with E-state index in [2.05, 4.69) is 26.6 Å². The average molecular weight is 447 g/mol. The monoisotopic (exact) mass is 446 g/mol. The first kappa shape index (κ1) is 20.4. The number of hydrogen-bond acceptors (Lipinski definition) is 4. The summed E-state index contributed by atoms with van der Waals surface area (Å²) in [6, 6.07) is 12.4. The number of ether oxygens (including phenoxy) is 2. The highest BCUT2D eigenvalue weighted by atomic mass is 79.9. The summed E-state index contributed by atoms with van der Waals surface area (Å²) in [5, 5.41) is 5.62. The van der Waals surface area contributed by atoms with Crippen LogP contribution in [0, 0.1) is 6.92 Å². The standard InChI is InChI=1S/C21H23BrN2O4/c1-14-11-15(8-9-18(14)22)28-13-20(25)24-19-7-3-2-6-17(19)21(26)23-12-16-5-4-10-27-16/h2-3,6-9,11,16H,4-5,10,12-13H2,1H3,(H,23,26)(H,24,25)/t16-/m0/s1. The van der Waals surface area contributed by atoms with E-state index in [4.69, 9.17) is 9.47 Å². The number of hydrogen-bond donors (Lipinski definition) is 2. The predicted octanol–water partition coefficient (Wildman–Crippen LogP) is 3.68. The molecule has 2 aromatic rings. The van der Waals surface area contributed by atoms with Gasteiger partial charge in [0, 0.05) is 17.6 Å². The van der Waals surface area contributed by atoms with Crippen molar-refractivity contribution in [3.8, 4) is 5.75 Å². The molecule has 1 heterocycles. The Morgan fingerprint density at radius 2 is 2.07 bits per heavy atom. The van der Waals surface area contributed by atoms with E-state index in [9.17, 15) is 9.59 Å². The lowest BCUT2D eigenvalue weighted by Crippen LogP contribution is -2.32. The molecule has 0 radical (unpaired) electrons. The molecule has 0 spiro atoms. The van der Waals surface area contributed by atoms with Gasteiger partial charge in [-0.1, -0.05) is 28.1 Å². The summed E-state index contributed by atoms with van der Waals surface area (Å²) in [6.45, 7) is 3.01. The largest absolute Gasteiger partial charge is 0.484 e. The summed E-state index contributed by atoms with van der Waals surface area (Å²) in [4.78, 5) is 24.8. The van der Waals surface area contributed by atoms with Gasteiger partial charge in [0.2, 0.25) is 0 Å². The van der Waals surface area contributed by atoms with Gasteiger partial charge in [0.15, 0.2) is 6.61 Å². The molecule has 2 amide bonds. The van der Waals surface area contributed by atoms with Crippen LogP contribution in [0.25, 0.3) is 0 Å². The molecule has 0 aliphatic carbocycles. The van der Waals surface area contributed by atoms with Crippen molar-refractivity contribution in [2.45, 2.75) is 25.9 Å². The van der Waals surface area contributed by atoms with Crippen LogP contribution in [0.15, 0.2) is 46.9 Å². The second kappa shape index (κ2) is 9.71. The van der Waals surface area contributed by atoms with Crippen molar-refractivity contribution < 1.29 is 19.1 Å². The predicted molar refractivity (Wildman–Crippen MR) is 111 cm³/mol. The van der Waals surface area contributed by atoms with Crippen LogP contribution in [-0.2, 0) is 9.53 Å². The number of benzene rings is 2. The zero-order valence-corrected chi connectivity index (χ0v) is 17.3. The highest BCUT2D eigenvalue weighted by molar-refractivity contribution is 9.10. The van der Waals surface area contributed by atoms with Gasteiger partial charge < -0.3 is 20.1 Å². The first-order valence-corrected chi connectivity index (χ1v) is 10.00. The average Bonchev–Trinajstić information content (AvgIpc) is 3.21. The van der Waals surface area contributed by atoms with Crippen LogP contribution in [0.3, 0.4) is 0 Å². The number of halogens is 1. The fraction of sp³-hybridized carbons (Fsp3) is 0.333. The third kappa shape index (κ3) is 5.56. The third-order valence-electron chi connectivity index (χ3n) is 4.46. The van der Waals surface area contributed by atoms with E-state index in [1.54, 1.807) is 30.3 Å². The van der Waals surface area contributed by atoms with E-state index < -0.39 is 0 Å². The molecular formula is C21H23BrN2O4. The normalized spacial score (nSPS) is 15.9. The molecule has 148 valence electrons. The van der Waals surface area contributed by atoms with Crippen LogP contribution in [0.5, 0.6) is 5.75 Å². The van der Waals surface area contributed by atoms with Crippen LogP contribution in [0.1, 0.15) is 28.8 Å². The van der Waals surface area contributed by atoms with E-state index in [-0.39, 0.29) is 24.5 Å². The minimum atomic E-state index is -0.333. The molecule has 1 aliphatic heterocycles. The van der Waals surface area contributed by atoms with Crippen molar-refractivity contribution in [1.29, 1.82) is 0 Å². The molecule has 1 fully saturated rings. The number of rotatable bonds is 7. The van der Waals surface area contributed by atoms with Gasteiger partial charge in [-0.3, -0.25) is 9.59 Å². The van der Waals surface area contributed by atoms with Gasteiger partial charge in [-0.25, -0.2) is 0 Å². The van der Waals surface area contributed by atoms with Gasteiger partial charge in [-0.15, -0.1) is 0 Å². The number of carbonyl (C=O) groups is 2. The van der Waals surface area contributed by atoms with Gasteiger partial charge in [-0.2, -0.15) is 0 Å². The van der Waals surface area contributed by atoms with E-state index in [1.165, 1.54) is 0 Å². The molecule has 28 heavy (non-hydrogen) atoms. The number of aryl methyl sites for hydroxylation is 1. The van der Waals surface area contributed by atoms with E-state index >= 15 is 0 Å². The van der Waals surface area contributed by atoms with Crippen LogP contribution >= 0.6 is 15.9 Å². The van der Waals surface area contributed by atoms with E-state index in [0.717, 1.165) is 29.5 Å². The third-order valence-corrected chi connectivity index (χ3v) is 5.35. The van der Waals surface area contributed by atoms with Crippen molar-refractivity contribution in [2.24, 2.45) is 0 Å². The smallest absolute Gasteiger partial charge is 0.262 e. The number of carbonyl (C=O) groups excluding carboxylic acids is 2. The Kier molecular flexibility index (Phi) is 7.06. The molecule has 2 N–H and O–H groups in total. The fourth-order valence-corrected chi connectivity index (χ4v) is 3.19. The van der Waals surface area contributed by atoms with Gasteiger partial charge >= 0.3 is 0 Å². The summed E-state index contributed by atoms with van der Waals surface area (Å²) in [7, 11) is 0. The molecule has 7 heteroatoms. The molecule has 2 aromatic carbocycles. The molecule has 1 saturated heterocycles. The molecule has 0 unspecified atom stereocenters. The first-order valence-electron chi connectivity index (χ1n) is 9.20. The first-order chi connectivity index (χ1) is 13.5. The van der Waals surface area contributed by atoms with Crippen molar-refractivity contribution in [1.82, 2.24) is 5.32 Å². The topological polar surface area (TPSA) is 76.7 Å². The Bertz CT molecular complexity index is 850. The van der Waals surface area contributed by atoms with E-state index in [0.29, 0.717) is 23.5 Å². The minimum absolute atomic E-state index is 0.0634. The van der Waals surface area contributed by atoms with Crippen molar-refractivity contribution in [3.05, 3.63) is 58.1 Å². The number of para-hydroxylation sites is 1. The maximum Gasteiger partial charge on any atom is 0.262 e. The Balaban J connectivity index is 1.56. The van der Waals surface area contributed by atoms with Crippen molar-refractivity contribution in [3.63, 3.8) is 0 Å². The summed E-state index contributed by atoms with van der Waals surface area (Å²) in [6.07, 6.45) is 2.03. The highest BCUT2D eigenvalue weighted by Gasteiger charge is 2.18. The summed E-state index contributed by atoms with van der Waals surface area (Å²) in [5.74, 6) is 0.0363. The van der Waals surface area contributed by atoms with Crippen LogP contribution < -0.4 is 15.4 Å². The van der Waals surface area contributed by atoms with Crippen molar-refractivity contribution in [2.75, 3.05) is 25.1 Å². The van der Waals surface area contributed by atoms with Crippen LogP contribution in [0.4, 0.5) is 5.69 Å². The SMILES string of the molecule is Cc1cc(OCC(=O)Nc2ccccc2C(=O)NC[C@@H]2CCCO2)ccc1Br. The van der Waals surface area contributed by atoms with Crippen LogP contribution in [-0.4, -0.2) is 37.7 Å². The number of amides is 2. The Labute approximate surface area is 172 Å². The molecule has 0 bridgehead atoms. The van der Waals surface area contributed by atoms with Crippen LogP contribution in [0.2, 0.25) is 0 Å². The quantitative estimate of drug-likeness (QED) is 0.679. The second-order valence-corrected chi connectivity index (χ2v) is 7.49. The molecule has 1 aliphatic rings. The maximum absolute atomic E-state index is 12.5. The highest BCUT2D eigenvalue weighted by Crippen LogP contribution is 2.22. The van der Waals surface area contributed by atoms with Crippen molar-refractivity contribution >= 4 is 33.4 Å². The number of nitrogens with one attached hydrogen (secondary N) is 2. The lowest BCUT2D eigenvalue weighted by Gasteiger charge is -2.14. The lowest BCUT2D eigenvalue weighted by atomic mass is 10.1. The molecule has 0 aromatic heterocycles. The van der Waals surface area contributed by atoms with Gasteiger partial charge in [0.05, 0.1) is 17.4 Å². The van der Waals surface area contributed by atoms with Gasteiger partial charge in [0.1, 0.15) is 5.75 Å². The Hall–Kier alpha value is -2.38. The maximum atomic E-state index is 12.5. The molecule has 1 atom stereocenters. The summed E-state index contributed by atoms with van der Waals surface area (Å²) < 4.78 is 12.0. The number of anilines is 1. The molecule has 6 nitrogen and oxygen atoms in total. The Morgan fingerprint density at radius 3 is 2.82 bits per heavy atom. The fourth-order valence-electron chi connectivity index (χ4n) is 2.94. The lowest BCUT2D eigenvalue weighted by molar-refractivity contribution is -0.118. The molecule has 3 rings (SSSR count). The second-order valence-electron chi connectivity index (χ2n) is 6.64. The van der Waals surface area contributed by atoms with E-state index in [1.807, 2.05) is 19.1 Å². The van der Waals surface area contributed by atoms with Gasteiger partial charge in [-0.05, 0) is 55.7 Å². The molecular weight excluding hydrogens is 424 g/mol. The zero-order chi connectivity index (χ0) is 19.9. The summed E-state index contributed by atoms with van der Waals surface area (Å²) in [5.41, 5.74) is 1.88. The minimum Gasteiger partial charge on any atom is -0.484 e. The molecule has 0 saturated carbocycles. The Morgan fingerprint density at radius 1 is 1.25 bits per heavy atom.